The fourth-order valence-electron chi connectivity index (χ4n) is 3.70. The van der Waals surface area contributed by atoms with Crippen molar-refractivity contribution >= 4 is 74.1 Å². The molecule has 0 radical (unpaired) electrons. The monoisotopic (exact) mass is 635 g/mol. The summed E-state index contributed by atoms with van der Waals surface area (Å²) in [5.74, 6) is 0.351. The van der Waals surface area contributed by atoms with Gasteiger partial charge in [0, 0.05) is 16.1 Å². The molecule has 0 unspecified atom stereocenters. The minimum absolute atomic E-state index is 0.0237. The van der Waals surface area contributed by atoms with E-state index in [2.05, 4.69) is 15.9 Å². The summed E-state index contributed by atoms with van der Waals surface area (Å²) >= 11 is 16.4. The number of benzene rings is 3. The zero-order chi connectivity index (χ0) is 27.0. The Labute approximate surface area is 239 Å². The molecular weight excluding hydrogens is 621 g/mol. The second-order valence-electron chi connectivity index (χ2n) is 8.00. The van der Waals surface area contributed by atoms with E-state index in [1.807, 2.05) is 0 Å². The van der Waals surface area contributed by atoms with Gasteiger partial charge in [-0.1, -0.05) is 23.2 Å². The first-order chi connectivity index (χ1) is 18.2. The summed E-state index contributed by atoms with van der Waals surface area (Å²) in [5.41, 5.74) is 1.41. The number of amides is 2. The van der Waals surface area contributed by atoms with Crippen LogP contribution in [0.25, 0.3) is 6.08 Å². The van der Waals surface area contributed by atoms with Crippen LogP contribution in [0.1, 0.15) is 21.5 Å². The van der Waals surface area contributed by atoms with E-state index in [4.69, 9.17) is 42.1 Å². The fourth-order valence-corrected chi connectivity index (χ4v) is 5.42. The van der Waals surface area contributed by atoms with Gasteiger partial charge in [0.2, 0.25) is 6.79 Å². The van der Waals surface area contributed by atoms with Crippen LogP contribution in [0.3, 0.4) is 0 Å². The Morgan fingerprint density at radius 3 is 2.53 bits per heavy atom. The highest BCUT2D eigenvalue weighted by Crippen LogP contribution is 2.41. The van der Waals surface area contributed by atoms with Crippen LogP contribution in [0, 0.1) is 0 Å². The number of rotatable bonds is 6. The molecule has 8 nitrogen and oxygen atoms in total. The number of hydrogen-bond donors (Lipinski definition) is 0. The molecule has 3 aromatic carbocycles. The molecule has 194 valence electrons. The van der Waals surface area contributed by atoms with Crippen molar-refractivity contribution in [3.05, 3.63) is 84.6 Å². The smallest absolute Gasteiger partial charge is 0.343 e. The Morgan fingerprint density at radius 2 is 1.82 bits per heavy atom. The number of fused-ring (bicyclic) bond motifs is 1. The molecule has 0 aromatic heterocycles. The molecule has 12 heteroatoms. The van der Waals surface area contributed by atoms with Gasteiger partial charge in [-0.05, 0) is 87.4 Å². The Morgan fingerprint density at radius 1 is 1.11 bits per heavy atom. The van der Waals surface area contributed by atoms with Crippen molar-refractivity contribution < 1.29 is 33.3 Å². The van der Waals surface area contributed by atoms with Crippen LogP contribution in [-0.4, -0.2) is 35.9 Å². The van der Waals surface area contributed by atoms with E-state index in [-0.39, 0.29) is 29.7 Å². The predicted molar refractivity (Wildman–Crippen MR) is 146 cm³/mol. The van der Waals surface area contributed by atoms with Crippen LogP contribution in [0.5, 0.6) is 23.0 Å². The zero-order valence-corrected chi connectivity index (χ0v) is 23.4. The molecule has 0 bridgehead atoms. The van der Waals surface area contributed by atoms with Gasteiger partial charge in [-0.2, -0.15) is 0 Å². The van der Waals surface area contributed by atoms with Gasteiger partial charge in [-0.25, -0.2) is 4.79 Å². The molecular formula is C26H16BrCl2NO7S. The lowest BCUT2D eigenvalue weighted by molar-refractivity contribution is -0.123. The Bertz CT molecular complexity index is 1510. The SMILES string of the molecule is COc1cc(/C=C2\SC(=O)N(Cc3cc4c(cc3Cl)OCO4)C2=O)cc(Br)c1OC(=O)c1ccc(Cl)cc1. The molecule has 1 fully saturated rings. The number of halogens is 3. The Balaban J connectivity index is 1.36. The summed E-state index contributed by atoms with van der Waals surface area (Å²) in [6, 6.07) is 12.8. The normalized spacial score (nSPS) is 15.4. The molecule has 0 N–H and O–H groups in total. The van der Waals surface area contributed by atoms with Gasteiger partial charge >= 0.3 is 5.97 Å². The summed E-state index contributed by atoms with van der Waals surface area (Å²) in [6.07, 6.45) is 1.56. The molecule has 0 atom stereocenters. The van der Waals surface area contributed by atoms with Crippen molar-refractivity contribution in [1.82, 2.24) is 4.90 Å². The zero-order valence-electron chi connectivity index (χ0n) is 19.5. The van der Waals surface area contributed by atoms with Crippen molar-refractivity contribution in [2.45, 2.75) is 6.54 Å². The third-order valence-electron chi connectivity index (χ3n) is 5.57. The van der Waals surface area contributed by atoms with E-state index >= 15 is 0 Å². The molecule has 5 rings (SSSR count). The van der Waals surface area contributed by atoms with Crippen molar-refractivity contribution in [1.29, 1.82) is 0 Å². The average molecular weight is 637 g/mol. The average Bonchev–Trinajstić information content (AvgIpc) is 3.44. The number of nitrogens with zero attached hydrogens (tertiary/aromatic N) is 1. The second kappa shape index (κ2) is 10.9. The van der Waals surface area contributed by atoms with Crippen LogP contribution >= 0.6 is 50.9 Å². The number of ether oxygens (including phenoxy) is 4. The Hall–Kier alpha value is -3.18. The summed E-state index contributed by atoms with van der Waals surface area (Å²) in [7, 11) is 1.42. The van der Waals surface area contributed by atoms with Crippen LogP contribution < -0.4 is 18.9 Å². The highest BCUT2D eigenvalue weighted by molar-refractivity contribution is 9.10. The molecule has 2 aliphatic rings. The first kappa shape index (κ1) is 26.4. The molecule has 38 heavy (non-hydrogen) atoms. The van der Waals surface area contributed by atoms with Gasteiger partial charge in [0.15, 0.2) is 23.0 Å². The van der Waals surface area contributed by atoms with E-state index in [9.17, 15) is 14.4 Å². The van der Waals surface area contributed by atoms with Crippen molar-refractivity contribution in [2.75, 3.05) is 13.9 Å². The van der Waals surface area contributed by atoms with Gasteiger partial charge in [0.25, 0.3) is 11.1 Å². The third-order valence-corrected chi connectivity index (χ3v) is 7.67. The topological polar surface area (TPSA) is 91.4 Å². The molecule has 2 aliphatic heterocycles. The lowest BCUT2D eigenvalue weighted by Crippen LogP contribution is -2.27. The quantitative estimate of drug-likeness (QED) is 0.163. The van der Waals surface area contributed by atoms with E-state index in [1.165, 1.54) is 7.11 Å². The highest BCUT2D eigenvalue weighted by atomic mass is 79.9. The number of hydrogen-bond acceptors (Lipinski definition) is 8. The summed E-state index contributed by atoms with van der Waals surface area (Å²) in [5, 5.41) is 0.414. The molecule has 3 aromatic rings. The lowest BCUT2D eigenvalue weighted by Gasteiger charge is -2.14. The number of esters is 1. The number of carbonyl (C=O) groups excluding carboxylic acids is 3. The van der Waals surface area contributed by atoms with Gasteiger partial charge in [-0.3, -0.25) is 14.5 Å². The van der Waals surface area contributed by atoms with Crippen LogP contribution in [-0.2, 0) is 11.3 Å². The molecule has 2 amide bonds. The fraction of sp³-hybridized carbons (Fsp3) is 0.115. The number of thioether (sulfide) groups is 1. The summed E-state index contributed by atoms with van der Waals surface area (Å²) in [6.45, 7) is 0.0572. The third kappa shape index (κ3) is 5.35. The van der Waals surface area contributed by atoms with E-state index in [0.29, 0.717) is 42.7 Å². The number of imide groups is 1. The lowest BCUT2D eigenvalue weighted by atomic mass is 10.1. The maximum atomic E-state index is 13.1. The van der Waals surface area contributed by atoms with Gasteiger partial charge in [0.05, 0.1) is 28.6 Å². The first-order valence-electron chi connectivity index (χ1n) is 10.9. The number of carbonyl (C=O) groups is 3. The minimum Gasteiger partial charge on any atom is -0.493 e. The summed E-state index contributed by atoms with van der Waals surface area (Å²) < 4.78 is 22.0. The summed E-state index contributed by atoms with van der Waals surface area (Å²) in [4.78, 5) is 39.7. The maximum absolute atomic E-state index is 13.1. The van der Waals surface area contributed by atoms with Crippen molar-refractivity contribution in [3.8, 4) is 23.0 Å². The van der Waals surface area contributed by atoms with Gasteiger partial charge < -0.3 is 18.9 Å². The maximum Gasteiger partial charge on any atom is 0.343 e. The number of methoxy groups -OCH3 is 1. The van der Waals surface area contributed by atoms with E-state index in [0.717, 1.165) is 16.7 Å². The predicted octanol–water partition coefficient (Wildman–Crippen LogP) is 6.95. The van der Waals surface area contributed by atoms with E-state index in [1.54, 1.807) is 54.6 Å². The van der Waals surface area contributed by atoms with Crippen LogP contribution in [0.2, 0.25) is 10.0 Å². The van der Waals surface area contributed by atoms with Crippen molar-refractivity contribution in [2.24, 2.45) is 0 Å². The molecule has 0 aliphatic carbocycles. The van der Waals surface area contributed by atoms with Crippen molar-refractivity contribution in [3.63, 3.8) is 0 Å². The van der Waals surface area contributed by atoms with Crippen LogP contribution in [0.15, 0.2) is 57.9 Å². The standard InChI is InChI=1S/C26H16BrCl2NO7S/c1-34-21-7-13(6-17(27)23(21)37-25(32)14-2-4-16(28)5-3-14)8-22-24(31)30(26(33)38-22)11-15-9-19-20(10-18(15)29)36-12-35-19/h2-10H,11-12H2,1H3/b22-8-. The largest absolute Gasteiger partial charge is 0.493 e. The van der Waals surface area contributed by atoms with E-state index < -0.39 is 17.1 Å². The molecule has 0 spiro atoms. The Kier molecular flexibility index (Phi) is 7.58. The van der Waals surface area contributed by atoms with Gasteiger partial charge in [0.1, 0.15) is 0 Å². The molecule has 1 saturated heterocycles. The first-order valence-corrected chi connectivity index (χ1v) is 13.3. The second-order valence-corrected chi connectivity index (χ2v) is 10.7. The highest BCUT2D eigenvalue weighted by Gasteiger charge is 2.36. The minimum atomic E-state index is -0.600. The molecule has 0 saturated carbocycles. The van der Waals surface area contributed by atoms with Crippen LogP contribution in [0.4, 0.5) is 4.79 Å². The van der Waals surface area contributed by atoms with Gasteiger partial charge in [-0.15, -0.1) is 0 Å². The molecule has 2 heterocycles.